The van der Waals surface area contributed by atoms with Crippen molar-refractivity contribution in [1.82, 2.24) is 0 Å². The van der Waals surface area contributed by atoms with Gasteiger partial charge in [0, 0.05) is 22.9 Å². The molecule has 1 amide bonds. The van der Waals surface area contributed by atoms with Crippen molar-refractivity contribution in [3.63, 3.8) is 0 Å². The van der Waals surface area contributed by atoms with Crippen LogP contribution in [0.4, 0.5) is 5.69 Å². The number of benzene rings is 3. The summed E-state index contributed by atoms with van der Waals surface area (Å²) >= 11 is 0. The van der Waals surface area contributed by atoms with Crippen molar-refractivity contribution in [2.45, 2.75) is 27.2 Å². The third-order valence-corrected chi connectivity index (χ3v) is 5.38. The minimum atomic E-state index is -0.426. The molecule has 0 spiro atoms. The Kier molecular flexibility index (Phi) is 6.59. The van der Waals surface area contributed by atoms with Crippen LogP contribution in [0.15, 0.2) is 75.9 Å². The van der Waals surface area contributed by atoms with E-state index in [0.717, 1.165) is 17.5 Å². The molecule has 0 bridgehead atoms. The lowest BCUT2D eigenvalue weighted by Crippen LogP contribution is -2.13. The average molecular weight is 456 g/mol. The molecule has 0 saturated carbocycles. The molecular formula is C28H25NO5. The van der Waals surface area contributed by atoms with Gasteiger partial charge < -0.3 is 14.5 Å². The number of amides is 1. The van der Waals surface area contributed by atoms with E-state index in [1.807, 2.05) is 32.9 Å². The van der Waals surface area contributed by atoms with Crippen LogP contribution >= 0.6 is 0 Å². The van der Waals surface area contributed by atoms with Crippen LogP contribution in [0.2, 0.25) is 0 Å². The zero-order valence-corrected chi connectivity index (χ0v) is 19.3. The highest BCUT2D eigenvalue weighted by molar-refractivity contribution is 6.05. The summed E-state index contributed by atoms with van der Waals surface area (Å²) in [7, 11) is 0. The van der Waals surface area contributed by atoms with E-state index < -0.39 is 5.97 Å². The summed E-state index contributed by atoms with van der Waals surface area (Å²) in [6, 6.07) is 18.7. The predicted molar refractivity (Wildman–Crippen MR) is 132 cm³/mol. The normalized spacial score (nSPS) is 10.8. The molecule has 0 atom stereocenters. The molecule has 172 valence electrons. The van der Waals surface area contributed by atoms with Gasteiger partial charge in [-0.2, -0.15) is 0 Å². The molecule has 0 unspecified atom stereocenters. The topological polar surface area (TPSA) is 85.6 Å². The lowest BCUT2D eigenvalue weighted by Gasteiger charge is -2.09. The van der Waals surface area contributed by atoms with E-state index in [-0.39, 0.29) is 11.3 Å². The molecule has 3 aromatic carbocycles. The van der Waals surface area contributed by atoms with Gasteiger partial charge in [-0.1, -0.05) is 31.2 Å². The number of ether oxygens (including phenoxy) is 1. The number of hydrogen-bond donors (Lipinski definition) is 1. The van der Waals surface area contributed by atoms with Gasteiger partial charge in [-0.3, -0.25) is 9.59 Å². The number of fused-ring (bicyclic) bond motifs is 1. The predicted octanol–water partition coefficient (Wildman–Crippen LogP) is 5.90. The number of esters is 1. The van der Waals surface area contributed by atoms with Crippen LogP contribution in [0.25, 0.3) is 22.3 Å². The van der Waals surface area contributed by atoms with Crippen molar-refractivity contribution in [3.05, 3.63) is 99.2 Å². The fourth-order valence-corrected chi connectivity index (χ4v) is 3.74. The molecule has 1 heterocycles. The van der Waals surface area contributed by atoms with Crippen LogP contribution in [-0.2, 0) is 4.74 Å². The Balaban J connectivity index is 1.54. The number of rotatable bonds is 6. The van der Waals surface area contributed by atoms with Crippen molar-refractivity contribution >= 4 is 28.5 Å². The van der Waals surface area contributed by atoms with Gasteiger partial charge in [-0.15, -0.1) is 0 Å². The lowest BCUT2D eigenvalue weighted by atomic mass is 10.1. The van der Waals surface area contributed by atoms with Gasteiger partial charge in [-0.25, -0.2) is 4.79 Å². The molecule has 1 N–H and O–H groups in total. The molecule has 0 fully saturated rings. The zero-order valence-electron chi connectivity index (χ0n) is 19.3. The van der Waals surface area contributed by atoms with Crippen molar-refractivity contribution in [2.24, 2.45) is 0 Å². The van der Waals surface area contributed by atoms with Gasteiger partial charge in [0.15, 0.2) is 5.43 Å². The molecule has 6 heteroatoms. The first-order valence-corrected chi connectivity index (χ1v) is 11.1. The summed E-state index contributed by atoms with van der Waals surface area (Å²) in [5, 5.41) is 3.35. The van der Waals surface area contributed by atoms with Gasteiger partial charge >= 0.3 is 5.97 Å². The summed E-state index contributed by atoms with van der Waals surface area (Å²) in [6.45, 7) is 6.12. The summed E-state index contributed by atoms with van der Waals surface area (Å²) in [5.74, 6) is -0.309. The Bertz CT molecular complexity index is 1430. The summed E-state index contributed by atoms with van der Waals surface area (Å²) in [6.07, 6.45) is 0.736. The third-order valence-electron chi connectivity index (χ3n) is 5.38. The molecule has 0 saturated heterocycles. The second-order valence-electron chi connectivity index (χ2n) is 8.18. The number of carbonyl (C=O) groups is 2. The highest BCUT2D eigenvalue weighted by Crippen LogP contribution is 2.25. The van der Waals surface area contributed by atoms with Gasteiger partial charge in [0.2, 0.25) is 0 Å². The first-order valence-electron chi connectivity index (χ1n) is 11.1. The highest BCUT2D eigenvalue weighted by Gasteiger charge is 2.13. The first-order chi connectivity index (χ1) is 16.4. The fraction of sp³-hybridized carbons (Fsp3) is 0.179. The van der Waals surface area contributed by atoms with Crippen LogP contribution in [0.3, 0.4) is 0 Å². The van der Waals surface area contributed by atoms with E-state index >= 15 is 0 Å². The number of nitrogens with one attached hydrogen (secondary N) is 1. The smallest absolute Gasteiger partial charge is 0.338 e. The molecule has 6 nitrogen and oxygen atoms in total. The Labute approximate surface area is 197 Å². The second kappa shape index (κ2) is 9.75. The van der Waals surface area contributed by atoms with Crippen LogP contribution in [-0.4, -0.2) is 18.5 Å². The summed E-state index contributed by atoms with van der Waals surface area (Å²) in [5.41, 5.74) is 4.34. The van der Waals surface area contributed by atoms with Gasteiger partial charge in [-0.05, 0) is 67.8 Å². The van der Waals surface area contributed by atoms with Crippen LogP contribution in [0.1, 0.15) is 45.2 Å². The maximum Gasteiger partial charge on any atom is 0.338 e. The molecule has 4 rings (SSSR count). The Morgan fingerprint density at radius 3 is 2.44 bits per heavy atom. The van der Waals surface area contributed by atoms with Crippen molar-refractivity contribution in [1.29, 1.82) is 0 Å². The van der Waals surface area contributed by atoms with E-state index in [2.05, 4.69) is 5.32 Å². The Morgan fingerprint density at radius 1 is 0.941 bits per heavy atom. The largest absolute Gasteiger partial charge is 0.462 e. The summed E-state index contributed by atoms with van der Waals surface area (Å²) < 4.78 is 11.2. The SMILES string of the molecule is CCCOC(=O)c1cccc(NC(=O)c2ccc(-c3cc(=O)c4cc(C)cc(C)c4o3)cc2)c1. The lowest BCUT2D eigenvalue weighted by molar-refractivity contribution is 0.0505. The van der Waals surface area contributed by atoms with E-state index in [0.29, 0.717) is 45.7 Å². The first kappa shape index (κ1) is 23.0. The molecular weight excluding hydrogens is 430 g/mol. The van der Waals surface area contributed by atoms with Gasteiger partial charge in [0.25, 0.3) is 5.91 Å². The maximum absolute atomic E-state index is 12.7. The van der Waals surface area contributed by atoms with E-state index in [4.69, 9.17) is 9.15 Å². The Hall–Kier alpha value is -4.19. The van der Waals surface area contributed by atoms with Crippen LogP contribution < -0.4 is 10.7 Å². The molecule has 0 radical (unpaired) electrons. The quantitative estimate of drug-likeness (QED) is 0.366. The number of carbonyl (C=O) groups excluding carboxylic acids is 2. The zero-order chi connectivity index (χ0) is 24.2. The molecule has 34 heavy (non-hydrogen) atoms. The standard InChI is InChI=1S/C28H25NO5/c1-4-12-33-28(32)21-6-5-7-22(15-21)29-27(31)20-10-8-19(9-11-20)25-16-24(30)23-14-17(2)13-18(3)26(23)34-25/h5-11,13-16H,4,12H2,1-3H3,(H,29,31). The molecule has 4 aromatic rings. The number of hydrogen-bond acceptors (Lipinski definition) is 5. The Morgan fingerprint density at radius 2 is 1.71 bits per heavy atom. The van der Waals surface area contributed by atoms with Crippen molar-refractivity contribution < 1.29 is 18.7 Å². The summed E-state index contributed by atoms with van der Waals surface area (Å²) in [4.78, 5) is 37.4. The minimum Gasteiger partial charge on any atom is -0.462 e. The van der Waals surface area contributed by atoms with Gasteiger partial charge in [0.1, 0.15) is 11.3 Å². The average Bonchev–Trinajstić information content (AvgIpc) is 2.83. The molecule has 1 aromatic heterocycles. The number of aryl methyl sites for hydroxylation is 2. The van der Waals surface area contributed by atoms with Gasteiger partial charge in [0.05, 0.1) is 17.6 Å². The van der Waals surface area contributed by atoms with Crippen LogP contribution in [0, 0.1) is 13.8 Å². The molecule has 0 aliphatic carbocycles. The minimum absolute atomic E-state index is 0.109. The third kappa shape index (κ3) is 4.91. The maximum atomic E-state index is 12.7. The number of anilines is 1. The van der Waals surface area contributed by atoms with Crippen molar-refractivity contribution in [2.75, 3.05) is 11.9 Å². The van der Waals surface area contributed by atoms with E-state index in [1.54, 1.807) is 48.5 Å². The fourth-order valence-electron chi connectivity index (χ4n) is 3.74. The van der Waals surface area contributed by atoms with Crippen molar-refractivity contribution in [3.8, 4) is 11.3 Å². The van der Waals surface area contributed by atoms with Crippen LogP contribution in [0.5, 0.6) is 0 Å². The molecule has 0 aliphatic heterocycles. The van der Waals surface area contributed by atoms with E-state index in [1.165, 1.54) is 6.07 Å². The van der Waals surface area contributed by atoms with E-state index in [9.17, 15) is 14.4 Å². The highest BCUT2D eigenvalue weighted by atomic mass is 16.5. The monoisotopic (exact) mass is 455 g/mol. The second-order valence-corrected chi connectivity index (χ2v) is 8.18. The molecule has 0 aliphatic rings.